The van der Waals surface area contributed by atoms with Crippen LogP contribution in [0.5, 0.6) is 0 Å². The van der Waals surface area contributed by atoms with Gasteiger partial charge in [-0.3, -0.25) is 0 Å². The number of anilines is 2. The molecule has 0 bridgehead atoms. The van der Waals surface area contributed by atoms with Crippen LogP contribution in [-0.4, -0.2) is 21.5 Å². The summed E-state index contributed by atoms with van der Waals surface area (Å²) in [7, 11) is 0. The SMILES string of the molecule is NC(=S)CCN(c1ccccc1)c1ncccn1. The summed E-state index contributed by atoms with van der Waals surface area (Å²) < 4.78 is 0. The summed E-state index contributed by atoms with van der Waals surface area (Å²) in [4.78, 5) is 11.0. The maximum atomic E-state index is 5.56. The van der Waals surface area contributed by atoms with Gasteiger partial charge in [-0.1, -0.05) is 30.4 Å². The van der Waals surface area contributed by atoms with Crippen LogP contribution in [0.1, 0.15) is 6.42 Å². The predicted molar refractivity (Wildman–Crippen MR) is 76.9 cm³/mol. The van der Waals surface area contributed by atoms with E-state index in [2.05, 4.69) is 9.97 Å². The average molecular weight is 258 g/mol. The number of hydrogen-bond acceptors (Lipinski definition) is 4. The summed E-state index contributed by atoms with van der Waals surface area (Å²) >= 11 is 4.92. The summed E-state index contributed by atoms with van der Waals surface area (Å²) in [6.07, 6.45) is 4.07. The first-order valence-corrected chi connectivity index (χ1v) is 6.06. The molecule has 2 N–H and O–H groups in total. The van der Waals surface area contributed by atoms with Gasteiger partial charge in [0.15, 0.2) is 0 Å². The van der Waals surface area contributed by atoms with E-state index in [9.17, 15) is 0 Å². The highest BCUT2D eigenvalue weighted by atomic mass is 32.1. The van der Waals surface area contributed by atoms with Gasteiger partial charge in [0.1, 0.15) is 0 Å². The number of aromatic nitrogens is 2. The highest BCUT2D eigenvalue weighted by molar-refractivity contribution is 7.80. The van der Waals surface area contributed by atoms with Crippen LogP contribution in [0.15, 0.2) is 48.8 Å². The van der Waals surface area contributed by atoms with Gasteiger partial charge in [0, 0.05) is 31.0 Å². The second-order valence-electron chi connectivity index (χ2n) is 3.75. The quantitative estimate of drug-likeness (QED) is 0.834. The molecule has 0 aliphatic carbocycles. The predicted octanol–water partition coefficient (Wildman–Crippen LogP) is 2.29. The monoisotopic (exact) mass is 258 g/mol. The number of para-hydroxylation sites is 1. The molecule has 1 aromatic carbocycles. The number of thiocarbonyl (C=S) groups is 1. The van der Waals surface area contributed by atoms with E-state index < -0.39 is 0 Å². The second kappa shape index (κ2) is 6.07. The molecule has 0 saturated heterocycles. The minimum Gasteiger partial charge on any atom is -0.393 e. The van der Waals surface area contributed by atoms with Crippen molar-refractivity contribution in [1.82, 2.24) is 9.97 Å². The summed E-state index contributed by atoms with van der Waals surface area (Å²) in [5.74, 6) is 0.653. The molecule has 0 radical (unpaired) electrons. The Bertz CT molecular complexity index is 461. The largest absolute Gasteiger partial charge is 0.393 e. The van der Waals surface area contributed by atoms with Crippen LogP contribution in [0.3, 0.4) is 0 Å². The second-order valence-corrected chi connectivity index (χ2v) is 4.28. The molecule has 2 rings (SSSR count). The van der Waals surface area contributed by atoms with Crippen molar-refractivity contribution in [2.45, 2.75) is 6.42 Å². The smallest absolute Gasteiger partial charge is 0.229 e. The van der Waals surface area contributed by atoms with Crippen molar-refractivity contribution in [1.29, 1.82) is 0 Å². The number of nitrogens with two attached hydrogens (primary N) is 1. The van der Waals surface area contributed by atoms with E-state index >= 15 is 0 Å². The minimum atomic E-state index is 0.492. The van der Waals surface area contributed by atoms with Crippen molar-refractivity contribution < 1.29 is 0 Å². The standard InChI is InChI=1S/C13H14N4S/c14-12(18)7-10-17(11-5-2-1-3-6-11)13-15-8-4-9-16-13/h1-6,8-9H,7,10H2,(H2,14,18). The van der Waals surface area contributed by atoms with Crippen molar-refractivity contribution in [2.24, 2.45) is 5.73 Å². The van der Waals surface area contributed by atoms with Gasteiger partial charge < -0.3 is 10.6 Å². The zero-order valence-electron chi connectivity index (χ0n) is 9.86. The van der Waals surface area contributed by atoms with Crippen molar-refractivity contribution in [3.63, 3.8) is 0 Å². The third kappa shape index (κ3) is 3.24. The topological polar surface area (TPSA) is 55.0 Å². The van der Waals surface area contributed by atoms with Crippen molar-refractivity contribution in [3.8, 4) is 0 Å². The Morgan fingerprint density at radius 2 is 1.78 bits per heavy atom. The molecular weight excluding hydrogens is 244 g/mol. The zero-order chi connectivity index (χ0) is 12.8. The van der Waals surface area contributed by atoms with Gasteiger partial charge >= 0.3 is 0 Å². The molecule has 2 aromatic rings. The fourth-order valence-electron chi connectivity index (χ4n) is 1.61. The Labute approximate surface area is 111 Å². The van der Waals surface area contributed by atoms with E-state index in [1.807, 2.05) is 35.2 Å². The number of nitrogens with zero attached hydrogens (tertiary/aromatic N) is 3. The first-order valence-electron chi connectivity index (χ1n) is 5.65. The van der Waals surface area contributed by atoms with Crippen LogP contribution in [0.2, 0.25) is 0 Å². The van der Waals surface area contributed by atoms with Gasteiger partial charge in [0.25, 0.3) is 0 Å². The molecule has 18 heavy (non-hydrogen) atoms. The number of rotatable bonds is 5. The van der Waals surface area contributed by atoms with Gasteiger partial charge in [-0.2, -0.15) is 0 Å². The molecule has 5 heteroatoms. The summed E-state index contributed by atoms with van der Waals surface area (Å²) in [6, 6.07) is 11.7. The van der Waals surface area contributed by atoms with Gasteiger partial charge in [0.2, 0.25) is 5.95 Å². The van der Waals surface area contributed by atoms with E-state index in [0.29, 0.717) is 23.9 Å². The molecule has 0 fully saturated rings. The summed E-state index contributed by atoms with van der Waals surface area (Å²) in [5, 5.41) is 0. The van der Waals surface area contributed by atoms with Crippen LogP contribution < -0.4 is 10.6 Å². The lowest BCUT2D eigenvalue weighted by Crippen LogP contribution is -2.24. The molecule has 92 valence electrons. The first-order chi connectivity index (χ1) is 8.77. The minimum absolute atomic E-state index is 0.492. The Balaban J connectivity index is 2.26. The molecule has 0 spiro atoms. The maximum Gasteiger partial charge on any atom is 0.229 e. The van der Waals surface area contributed by atoms with Crippen LogP contribution in [-0.2, 0) is 0 Å². The Morgan fingerprint density at radius 3 is 2.39 bits per heavy atom. The summed E-state index contributed by atoms with van der Waals surface area (Å²) in [6.45, 7) is 0.670. The lowest BCUT2D eigenvalue weighted by Gasteiger charge is -2.22. The van der Waals surface area contributed by atoms with E-state index in [-0.39, 0.29) is 0 Å². The average Bonchev–Trinajstić information content (AvgIpc) is 2.41. The molecular formula is C13H14N4S. The lowest BCUT2D eigenvalue weighted by atomic mass is 10.2. The van der Waals surface area contributed by atoms with E-state index in [4.69, 9.17) is 18.0 Å². The van der Waals surface area contributed by atoms with Crippen molar-refractivity contribution >= 4 is 28.8 Å². The van der Waals surface area contributed by atoms with Crippen molar-refractivity contribution in [2.75, 3.05) is 11.4 Å². The summed E-state index contributed by atoms with van der Waals surface area (Å²) in [5.41, 5.74) is 6.59. The maximum absolute atomic E-state index is 5.56. The van der Waals surface area contributed by atoms with Crippen LogP contribution in [0.25, 0.3) is 0 Å². The molecule has 0 aliphatic rings. The molecule has 0 atom stereocenters. The zero-order valence-corrected chi connectivity index (χ0v) is 10.7. The van der Waals surface area contributed by atoms with Gasteiger partial charge in [-0.25, -0.2) is 9.97 Å². The van der Waals surface area contributed by atoms with Crippen molar-refractivity contribution in [3.05, 3.63) is 48.8 Å². The van der Waals surface area contributed by atoms with E-state index in [1.165, 1.54) is 0 Å². The lowest BCUT2D eigenvalue weighted by molar-refractivity contribution is 0.911. The Kier molecular flexibility index (Phi) is 4.20. The molecule has 1 aromatic heterocycles. The first kappa shape index (κ1) is 12.4. The third-order valence-electron chi connectivity index (χ3n) is 2.44. The fraction of sp³-hybridized carbons (Fsp3) is 0.154. The van der Waals surface area contributed by atoms with Gasteiger partial charge in [-0.15, -0.1) is 0 Å². The Morgan fingerprint density at radius 1 is 1.11 bits per heavy atom. The molecule has 0 unspecified atom stereocenters. The van der Waals surface area contributed by atoms with Gasteiger partial charge in [0.05, 0.1) is 4.99 Å². The molecule has 4 nitrogen and oxygen atoms in total. The van der Waals surface area contributed by atoms with Crippen LogP contribution >= 0.6 is 12.2 Å². The highest BCUT2D eigenvalue weighted by Gasteiger charge is 2.11. The molecule has 1 heterocycles. The van der Waals surface area contributed by atoms with E-state index in [1.54, 1.807) is 18.5 Å². The fourth-order valence-corrected chi connectivity index (χ4v) is 1.70. The third-order valence-corrected chi connectivity index (χ3v) is 2.65. The highest BCUT2D eigenvalue weighted by Crippen LogP contribution is 2.21. The number of hydrogen-bond donors (Lipinski definition) is 1. The normalized spacial score (nSPS) is 10.0. The van der Waals surface area contributed by atoms with Crippen LogP contribution in [0.4, 0.5) is 11.6 Å². The number of benzene rings is 1. The van der Waals surface area contributed by atoms with Gasteiger partial charge in [-0.05, 0) is 18.2 Å². The molecule has 0 amide bonds. The van der Waals surface area contributed by atoms with E-state index in [0.717, 1.165) is 5.69 Å². The Hall–Kier alpha value is -2.01. The van der Waals surface area contributed by atoms with Crippen LogP contribution in [0, 0.1) is 0 Å². The molecule has 0 saturated carbocycles. The molecule has 0 aliphatic heterocycles.